The van der Waals surface area contributed by atoms with Gasteiger partial charge in [0.05, 0.1) is 11.5 Å². The number of hydrogen-bond acceptors (Lipinski definition) is 4. The van der Waals surface area contributed by atoms with Crippen molar-refractivity contribution in [2.75, 3.05) is 17.2 Å². The lowest BCUT2D eigenvalue weighted by Crippen LogP contribution is -2.22. The van der Waals surface area contributed by atoms with Gasteiger partial charge < -0.3 is 10.6 Å². The molecule has 0 heterocycles. The van der Waals surface area contributed by atoms with Gasteiger partial charge >= 0.3 is 0 Å². The minimum atomic E-state index is -0.530. The number of hydrogen-bond donors (Lipinski definition) is 2. The molecule has 6 nitrogen and oxygen atoms in total. The van der Waals surface area contributed by atoms with Crippen LogP contribution in [0.2, 0.25) is 0 Å². The SMILES string of the molecule is O=C(CNc1ccc(Br)cc1)Nc1ccccc1[N+](=O)[O-]. The number of nitrogens with zero attached hydrogens (tertiary/aromatic N) is 1. The summed E-state index contributed by atoms with van der Waals surface area (Å²) in [5.74, 6) is -0.354. The molecule has 0 bridgehead atoms. The van der Waals surface area contributed by atoms with Crippen molar-refractivity contribution >= 4 is 38.9 Å². The Labute approximate surface area is 129 Å². The van der Waals surface area contributed by atoms with Crippen LogP contribution in [0.15, 0.2) is 53.0 Å². The maximum Gasteiger partial charge on any atom is 0.292 e. The number of halogens is 1. The average molecular weight is 350 g/mol. The number of nitro groups is 1. The molecule has 0 fully saturated rings. The fourth-order valence-corrected chi connectivity index (χ4v) is 1.95. The van der Waals surface area contributed by atoms with Gasteiger partial charge in [0.2, 0.25) is 5.91 Å². The quantitative estimate of drug-likeness (QED) is 0.639. The highest BCUT2D eigenvalue weighted by Crippen LogP contribution is 2.23. The smallest absolute Gasteiger partial charge is 0.292 e. The van der Waals surface area contributed by atoms with Gasteiger partial charge in [-0.1, -0.05) is 28.1 Å². The fraction of sp³-hybridized carbons (Fsp3) is 0.0714. The molecule has 2 rings (SSSR count). The second-order valence-electron chi connectivity index (χ2n) is 4.18. The normalized spacial score (nSPS) is 9.95. The van der Waals surface area contributed by atoms with E-state index in [2.05, 4.69) is 26.6 Å². The molecule has 0 aliphatic heterocycles. The maximum absolute atomic E-state index is 11.8. The Morgan fingerprint density at radius 2 is 1.81 bits per heavy atom. The zero-order chi connectivity index (χ0) is 15.2. The monoisotopic (exact) mass is 349 g/mol. The van der Waals surface area contributed by atoms with E-state index in [0.29, 0.717) is 0 Å². The number of benzene rings is 2. The fourth-order valence-electron chi connectivity index (χ4n) is 1.68. The van der Waals surface area contributed by atoms with Crippen molar-refractivity contribution in [1.29, 1.82) is 0 Å². The number of carbonyl (C=O) groups excluding carboxylic acids is 1. The molecule has 0 aliphatic carbocycles. The summed E-state index contributed by atoms with van der Waals surface area (Å²) in [5.41, 5.74) is 0.843. The second-order valence-corrected chi connectivity index (χ2v) is 5.10. The molecular formula is C14H12BrN3O3. The second kappa shape index (κ2) is 6.85. The summed E-state index contributed by atoms with van der Waals surface area (Å²) in [4.78, 5) is 22.1. The molecule has 2 N–H and O–H groups in total. The Hall–Kier alpha value is -2.41. The highest BCUT2D eigenvalue weighted by atomic mass is 79.9. The average Bonchev–Trinajstić information content (AvgIpc) is 2.47. The first kappa shape index (κ1) is 15.0. The van der Waals surface area contributed by atoms with E-state index >= 15 is 0 Å². The third-order valence-corrected chi connectivity index (χ3v) is 3.20. The molecule has 0 unspecified atom stereocenters. The Morgan fingerprint density at radius 1 is 1.14 bits per heavy atom. The standard InChI is InChI=1S/C14H12BrN3O3/c15-10-5-7-11(8-6-10)16-9-14(19)17-12-3-1-2-4-13(12)18(20)21/h1-8,16H,9H2,(H,17,19). The highest BCUT2D eigenvalue weighted by molar-refractivity contribution is 9.10. The Kier molecular flexibility index (Phi) is 4.89. The van der Waals surface area contributed by atoms with Crippen LogP contribution in [0.4, 0.5) is 17.1 Å². The van der Waals surface area contributed by atoms with Gasteiger partial charge in [-0.25, -0.2) is 0 Å². The third kappa shape index (κ3) is 4.28. The zero-order valence-corrected chi connectivity index (χ0v) is 12.5. The molecule has 7 heteroatoms. The van der Waals surface area contributed by atoms with Crippen molar-refractivity contribution in [2.24, 2.45) is 0 Å². The summed E-state index contributed by atoms with van der Waals surface area (Å²) in [7, 11) is 0. The molecule has 0 atom stereocenters. The van der Waals surface area contributed by atoms with Crippen molar-refractivity contribution in [2.45, 2.75) is 0 Å². The van der Waals surface area contributed by atoms with E-state index in [1.54, 1.807) is 12.1 Å². The van der Waals surface area contributed by atoms with Crippen LogP contribution in [0.1, 0.15) is 0 Å². The van der Waals surface area contributed by atoms with Gasteiger partial charge in [-0.2, -0.15) is 0 Å². The number of anilines is 2. The van der Waals surface area contributed by atoms with Crippen LogP contribution in [0.25, 0.3) is 0 Å². The van der Waals surface area contributed by atoms with Crippen molar-refractivity contribution in [3.8, 4) is 0 Å². The van der Waals surface area contributed by atoms with E-state index < -0.39 is 4.92 Å². The van der Waals surface area contributed by atoms with E-state index in [1.165, 1.54) is 12.1 Å². The molecule has 21 heavy (non-hydrogen) atoms. The van der Waals surface area contributed by atoms with Crippen molar-refractivity contribution in [1.82, 2.24) is 0 Å². The highest BCUT2D eigenvalue weighted by Gasteiger charge is 2.14. The van der Waals surface area contributed by atoms with Crippen molar-refractivity contribution < 1.29 is 9.72 Å². The molecule has 0 radical (unpaired) electrons. The zero-order valence-electron chi connectivity index (χ0n) is 10.9. The predicted octanol–water partition coefficient (Wildman–Crippen LogP) is 3.41. The minimum absolute atomic E-state index is 0.0215. The molecule has 0 saturated carbocycles. The first-order chi connectivity index (χ1) is 10.1. The first-order valence-electron chi connectivity index (χ1n) is 6.09. The van der Waals surface area contributed by atoms with Crippen LogP contribution >= 0.6 is 15.9 Å². The summed E-state index contributed by atoms with van der Waals surface area (Å²) in [5, 5.41) is 16.3. The summed E-state index contributed by atoms with van der Waals surface area (Å²) in [6, 6.07) is 13.4. The molecule has 2 aromatic rings. The van der Waals surface area contributed by atoms with E-state index in [0.717, 1.165) is 10.2 Å². The summed E-state index contributed by atoms with van der Waals surface area (Å²) in [6.07, 6.45) is 0. The number of rotatable bonds is 5. The van der Waals surface area contributed by atoms with Crippen LogP contribution in [0.3, 0.4) is 0 Å². The van der Waals surface area contributed by atoms with Gasteiger partial charge in [0.1, 0.15) is 5.69 Å². The summed E-state index contributed by atoms with van der Waals surface area (Å²) >= 11 is 3.32. The van der Waals surface area contributed by atoms with E-state index in [1.807, 2.05) is 24.3 Å². The Morgan fingerprint density at radius 3 is 2.48 bits per heavy atom. The van der Waals surface area contributed by atoms with E-state index in [-0.39, 0.29) is 23.8 Å². The number of para-hydroxylation sites is 2. The summed E-state index contributed by atoms with van der Waals surface area (Å²) < 4.78 is 0.942. The number of amides is 1. The van der Waals surface area contributed by atoms with Gasteiger partial charge in [0.25, 0.3) is 5.69 Å². The van der Waals surface area contributed by atoms with Crippen molar-refractivity contribution in [3.63, 3.8) is 0 Å². The minimum Gasteiger partial charge on any atom is -0.376 e. The molecular weight excluding hydrogens is 338 g/mol. The first-order valence-corrected chi connectivity index (χ1v) is 6.88. The largest absolute Gasteiger partial charge is 0.376 e. The number of carbonyl (C=O) groups is 1. The maximum atomic E-state index is 11.8. The van der Waals surface area contributed by atoms with Crippen LogP contribution < -0.4 is 10.6 Å². The summed E-state index contributed by atoms with van der Waals surface area (Å²) in [6.45, 7) is 0.0215. The lowest BCUT2D eigenvalue weighted by molar-refractivity contribution is -0.383. The third-order valence-electron chi connectivity index (χ3n) is 2.67. The predicted molar refractivity (Wildman–Crippen MR) is 84.4 cm³/mol. The number of nitro benzene ring substituents is 1. The lowest BCUT2D eigenvalue weighted by atomic mass is 10.2. The number of nitrogens with one attached hydrogen (secondary N) is 2. The van der Waals surface area contributed by atoms with Crippen LogP contribution in [-0.4, -0.2) is 17.4 Å². The van der Waals surface area contributed by atoms with Gasteiger partial charge in [-0.05, 0) is 30.3 Å². The van der Waals surface area contributed by atoms with Crippen LogP contribution in [-0.2, 0) is 4.79 Å². The van der Waals surface area contributed by atoms with Crippen molar-refractivity contribution in [3.05, 3.63) is 63.1 Å². The molecule has 0 aromatic heterocycles. The molecule has 0 spiro atoms. The topological polar surface area (TPSA) is 84.3 Å². The molecule has 2 aromatic carbocycles. The lowest BCUT2D eigenvalue weighted by Gasteiger charge is -2.08. The van der Waals surface area contributed by atoms with E-state index in [9.17, 15) is 14.9 Å². The van der Waals surface area contributed by atoms with Crippen LogP contribution in [0.5, 0.6) is 0 Å². The Bertz CT molecular complexity index is 659. The van der Waals surface area contributed by atoms with Gasteiger partial charge in [-0.3, -0.25) is 14.9 Å². The van der Waals surface area contributed by atoms with E-state index in [4.69, 9.17) is 0 Å². The van der Waals surface area contributed by atoms with Crippen LogP contribution in [0, 0.1) is 10.1 Å². The van der Waals surface area contributed by atoms with Gasteiger partial charge in [-0.15, -0.1) is 0 Å². The van der Waals surface area contributed by atoms with Gasteiger partial charge in [0, 0.05) is 16.2 Å². The van der Waals surface area contributed by atoms with Gasteiger partial charge in [0.15, 0.2) is 0 Å². The Balaban J connectivity index is 1.96. The molecule has 108 valence electrons. The molecule has 1 amide bonds. The molecule has 0 saturated heterocycles. The molecule has 0 aliphatic rings.